The van der Waals surface area contributed by atoms with Gasteiger partial charge >= 0.3 is 11.6 Å². The normalized spacial score (nSPS) is 10.7. The monoisotopic (exact) mass is 344 g/mol. The van der Waals surface area contributed by atoms with Crippen molar-refractivity contribution in [2.24, 2.45) is 0 Å². The second-order valence-electron chi connectivity index (χ2n) is 4.48. The van der Waals surface area contributed by atoms with Crippen molar-refractivity contribution in [2.75, 3.05) is 0 Å². The van der Waals surface area contributed by atoms with E-state index in [0.717, 1.165) is 5.39 Å². The first-order valence-corrected chi connectivity index (χ1v) is 6.91. The van der Waals surface area contributed by atoms with Crippen molar-refractivity contribution in [1.29, 1.82) is 0 Å². The maximum atomic E-state index is 12.1. The van der Waals surface area contributed by atoms with E-state index >= 15 is 0 Å². The molecule has 4 nitrogen and oxygen atoms in total. The first kappa shape index (κ1) is 13.6. The molecule has 0 amide bonds. The summed E-state index contributed by atoms with van der Waals surface area (Å²) in [6.45, 7) is 0. The SMILES string of the molecule is O=C(O)c1cc(Br)ccc1-c1cc2ccccc2oc1=O. The van der Waals surface area contributed by atoms with Crippen LogP contribution in [0.25, 0.3) is 22.1 Å². The Hall–Kier alpha value is -2.40. The molecule has 0 aliphatic carbocycles. The quantitative estimate of drug-likeness (QED) is 0.715. The van der Waals surface area contributed by atoms with E-state index in [1.807, 2.05) is 6.07 Å². The number of fused-ring (bicyclic) bond motifs is 1. The van der Waals surface area contributed by atoms with Crippen LogP contribution in [0.3, 0.4) is 0 Å². The molecule has 5 heteroatoms. The van der Waals surface area contributed by atoms with Crippen LogP contribution in [-0.2, 0) is 0 Å². The largest absolute Gasteiger partial charge is 0.478 e. The number of rotatable bonds is 2. The first-order chi connectivity index (χ1) is 10.1. The van der Waals surface area contributed by atoms with Gasteiger partial charge in [-0.3, -0.25) is 0 Å². The summed E-state index contributed by atoms with van der Waals surface area (Å²) in [5.74, 6) is -1.10. The molecule has 3 rings (SSSR count). The van der Waals surface area contributed by atoms with Crippen molar-refractivity contribution < 1.29 is 14.3 Å². The van der Waals surface area contributed by atoms with E-state index in [1.165, 1.54) is 6.07 Å². The highest BCUT2D eigenvalue weighted by Gasteiger charge is 2.16. The van der Waals surface area contributed by atoms with Gasteiger partial charge in [-0.15, -0.1) is 0 Å². The third kappa shape index (κ3) is 2.48. The molecule has 0 aliphatic rings. The minimum Gasteiger partial charge on any atom is -0.478 e. The zero-order chi connectivity index (χ0) is 15.0. The van der Waals surface area contributed by atoms with Gasteiger partial charge in [-0.2, -0.15) is 0 Å². The Bertz CT molecular complexity index is 912. The van der Waals surface area contributed by atoms with Gasteiger partial charge < -0.3 is 9.52 Å². The van der Waals surface area contributed by atoms with Gasteiger partial charge in [0.05, 0.1) is 11.1 Å². The van der Waals surface area contributed by atoms with Crippen LogP contribution >= 0.6 is 15.9 Å². The van der Waals surface area contributed by atoms with Gasteiger partial charge in [0.15, 0.2) is 0 Å². The second-order valence-corrected chi connectivity index (χ2v) is 5.40. The Labute approximate surface area is 127 Å². The molecule has 21 heavy (non-hydrogen) atoms. The van der Waals surface area contributed by atoms with E-state index in [1.54, 1.807) is 36.4 Å². The Morgan fingerprint density at radius 1 is 1.05 bits per heavy atom. The summed E-state index contributed by atoms with van der Waals surface area (Å²) in [6.07, 6.45) is 0. The molecular weight excluding hydrogens is 336 g/mol. The maximum absolute atomic E-state index is 12.1. The molecule has 0 saturated carbocycles. The number of halogens is 1. The summed E-state index contributed by atoms with van der Waals surface area (Å²) in [5.41, 5.74) is 0.537. The first-order valence-electron chi connectivity index (χ1n) is 6.12. The molecule has 0 atom stereocenters. The molecule has 0 radical (unpaired) electrons. The van der Waals surface area contributed by atoms with E-state index in [2.05, 4.69) is 15.9 Å². The zero-order valence-electron chi connectivity index (χ0n) is 10.7. The minimum absolute atomic E-state index is 0.0481. The standard InChI is InChI=1S/C16H9BrO4/c17-10-5-6-11(12(8-10)15(18)19)13-7-9-3-1-2-4-14(9)21-16(13)20/h1-8H,(H,18,19). The van der Waals surface area contributed by atoms with Gasteiger partial charge in [0.1, 0.15) is 5.58 Å². The van der Waals surface area contributed by atoms with E-state index in [4.69, 9.17) is 4.42 Å². The van der Waals surface area contributed by atoms with Gasteiger partial charge in [0.2, 0.25) is 0 Å². The average Bonchev–Trinajstić information content (AvgIpc) is 2.46. The third-order valence-corrected chi connectivity index (χ3v) is 3.64. The average molecular weight is 345 g/mol. The highest BCUT2D eigenvalue weighted by Crippen LogP contribution is 2.27. The molecule has 0 spiro atoms. The molecule has 3 aromatic rings. The number of hydrogen-bond acceptors (Lipinski definition) is 3. The fourth-order valence-corrected chi connectivity index (χ4v) is 2.54. The smallest absolute Gasteiger partial charge is 0.344 e. The number of para-hydroxylation sites is 1. The zero-order valence-corrected chi connectivity index (χ0v) is 12.3. The summed E-state index contributed by atoms with van der Waals surface area (Å²) < 4.78 is 5.89. The van der Waals surface area contributed by atoms with Crippen LogP contribution in [0, 0.1) is 0 Å². The van der Waals surface area contributed by atoms with E-state index in [-0.39, 0.29) is 11.1 Å². The van der Waals surface area contributed by atoms with Crippen molar-refractivity contribution in [3.8, 4) is 11.1 Å². The van der Waals surface area contributed by atoms with Crippen molar-refractivity contribution in [3.05, 3.63) is 69.0 Å². The molecule has 1 heterocycles. The molecular formula is C16H9BrO4. The van der Waals surface area contributed by atoms with Gasteiger partial charge in [-0.1, -0.05) is 40.2 Å². The minimum atomic E-state index is -1.10. The van der Waals surface area contributed by atoms with Crippen molar-refractivity contribution in [2.45, 2.75) is 0 Å². The summed E-state index contributed by atoms with van der Waals surface area (Å²) in [7, 11) is 0. The lowest BCUT2D eigenvalue weighted by atomic mass is 10.0. The number of carbonyl (C=O) groups is 1. The van der Waals surface area contributed by atoms with Crippen molar-refractivity contribution >= 4 is 32.9 Å². The molecule has 0 aliphatic heterocycles. The molecule has 0 bridgehead atoms. The van der Waals surface area contributed by atoms with Crippen molar-refractivity contribution in [1.82, 2.24) is 0 Å². The van der Waals surface area contributed by atoms with Crippen LogP contribution in [0.2, 0.25) is 0 Å². The van der Waals surface area contributed by atoms with Crippen LogP contribution < -0.4 is 5.63 Å². The Balaban J connectivity index is 2.33. The number of carboxylic acid groups (broad SMARTS) is 1. The van der Waals surface area contributed by atoms with Crippen LogP contribution in [-0.4, -0.2) is 11.1 Å². The summed E-state index contributed by atoms with van der Waals surface area (Å²) in [4.78, 5) is 23.5. The fraction of sp³-hybridized carbons (Fsp3) is 0. The van der Waals surface area contributed by atoms with Crippen LogP contribution in [0.15, 0.2) is 62.2 Å². The molecule has 2 aromatic carbocycles. The molecule has 1 aromatic heterocycles. The lowest BCUT2D eigenvalue weighted by molar-refractivity contribution is 0.0697. The van der Waals surface area contributed by atoms with Crippen LogP contribution in [0.4, 0.5) is 0 Å². The predicted octanol–water partition coefficient (Wildman–Crippen LogP) is 3.92. The van der Waals surface area contributed by atoms with Gasteiger partial charge in [0, 0.05) is 15.4 Å². The lowest BCUT2D eigenvalue weighted by Crippen LogP contribution is -2.07. The Kier molecular flexibility index (Phi) is 3.35. The summed E-state index contributed by atoms with van der Waals surface area (Å²) in [5, 5.41) is 10.0. The Morgan fingerprint density at radius 3 is 2.57 bits per heavy atom. The van der Waals surface area contributed by atoms with Gasteiger partial charge in [-0.25, -0.2) is 9.59 Å². The van der Waals surface area contributed by atoms with Gasteiger partial charge in [0.25, 0.3) is 0 Å². The highest BCUT2D eigenvalue weighted by atomic mass is 79.9. The number of aromatic carboxylic acids is 1. The predicted molar refractivity (Wildman–Crippen MR) is 82.6 cm³/mol. The van der Waals surface area contributed by atoms with Crippen LogP contribution in [0.5, 0.6) is 0 Å². The molecule has 0 unspecified atom stereocenters. The van der Waals surface area contributed by atoms with Crippen molar-refractivity contribution in [3.63, 3.8) is 0 Å². The lowest BCUT2D eigenvalue weighted by Gasteiger charge is -2.07. The second kappa shape index (κ2) is 5.18. The Morgan fingerprint density at radius 2 is 1.81 bits per heavy atom. The summed E-state index contributed by atoms with van der Waals surface area (Å²) >= 11 is 3.23. The summed E-state index contributed by atoms with van der Waals surface area (Å²) in [6, 6.07) is 13.5. The van der Waals surface area contributed by atoms with E-state index < -0.39 is 11.6 Å². The molecule has 1 N–H and O–H groups in total. The number of carboxylic acids is 1. The van der Waals surface area contributed by atoms with Gasteiger partial charge in [-0.05, 0) is 24.3 Å². The molecule has 0 fully saturated rings. The third-order valence-electron chi connectivity index (χ3n) is 3.14. The fourth-order valence-electron chi connectivity index (χ4n) is 2.18. The maximum Gasteiger partial charge on any atom is 0.344 e. The molecule has 104 valence electrons. The molecule has 0 saturated heterocycles. The number of benzene rings is 2. The van der Waals surface area contributed by atoms with E-state index in [9.17, 15) is 14.7 Å². The highest BCUT2D eigenvalue weighted by molar-refractivity contribution is 9.10. The van der Waals surface area contributed by atoms with Crippen LogP contribution in [0.1, 0.15) is 10.4 Å². The number of hydrogen-bond donors (Lipinski definition) is 1. The van der Waals surface area contributed by atoms with E-state index in [0.29, 0.717) is 15.6 Å². The topological polar surface area (TPSA) is 67.5 Å².